The minimum atomic E-state index is -3.61. The van der Waals surface area contributed by atoms with E-state index in [2.05, 4.69) is 4.72 Å². The van der Waals surface area contributed by atoms with Gasteiger partial charge in [-0.15, -0.1) is 0 Å². The van der Waals surface area contributed by atoms with Crippen molar-refractivity contribution in [3.8, 4) is 11.5 Å². The zero-order valence-electron chi connectivity index (χ0n) is 12.6. The molecular weight excluding hydrogens is 306 g/mol. The first kappa shape index (κ1) is 15.6. The van der Waals surface area contributed by atoms with Gasteiger partial charge < -0.3 is 14.2 Å². The molecule has 2 aliphatic heterocycles. The molecule has 22 heavy (non-hydrogen) atoms. The lowest BCUT2D eigenvalue weighted by molar-refractivity contribution is 0.0902. The lowest BCUT2D eigenvalue weighted by Gasteiger charge is -2.20. The van der Waals surface area contributed by atoms with E-state index in [1.807, 2.05) is 6.92 Å². The summed E-state index contributed by atoms with van der Waals surface area (Å²) in [6, 6.07) is 4.44. The Morgan fingerprint density at radius 3 is 2.64 bits per heavy atom. The van der Waals surface area contributed by atoms with Gasteiger partial charge in [0, 0.05) is 25.1 Å². The quantitative estimate of drug-likeness (QED) is 0.911. The van der Waals surface area contributed by atoms with Crippen molar-refractivity contribution in [2.75, 3.05) is 19.8 Å². The van der Waals surface area contributed by atoms with E-state index in [1.54, 1.807) is 6.07 Å². The summed E-state index contributed by atoms with van der Waals surface area (Å²) in [6.45, 7) is 3.63. The molecular formula is C15H21NO5S. The summed E-state index contributed by atoms with van der Waals surface area (Å²) in [4.78, 5) is 0.182. The molecule has 1 N–H and O–H groups in total. The summed E-state index contributed by atoms with van der Waals surface area (Å²) in [5.74, 6) is 1.06. The van der Waals surface area contributed by atoms with E-state index in [9.17, 15) is 8.42 Å². The van der Waals surface area contributed by atoms with Crippen molar-refractivity contribution in [3.05, 3.63) is 18.2 Å². The molecule has 0 saturated carbocycles. The van der Waals surface area contributed by atoms with Gasteiger partial charge >= 0.3 is 0 Å². The second kappa shape index (κ2) is 6.44. The molecule has 2 aliphatic rings. The lowest BCUT2D eigenvalue weighted by Crippen LogP contribution is -2.40. The molecule has 2 heterocycles. The van der Waals surface area contributed by atoms with Crippen LogP contribution in [0.15, 0.2) is 23.1 Å². The van der Waals surface area contributed by atoms with E-state index in [0.29, 0.717) is 31.3 Å². The van der Waals surface area contributed by atoms with Crippen LogP contribution >= 0.6 is 0 Å². The van der Waals surface area contributed by atoms with Crippen molar-refractivity contribution in [1.82, 2.24) is 4.72 Å². The molecule has 0 unspecified atom stereocenters. The van der Waals surface area contributed by atoms with Gasteiger partial charge in [-0.2, -0.15) is 0 Å². The van der Waals surface area contributed by atoms with Crippen LogP contribution in [0, 0.1) is 0 Å². The number of ether oxygens (including phenoxy) is 3. The summed E-state index contributed by atoms with van der Waals surface area (Å²) in [7, 11) is -3.61. The Hall–Kier alpha value is -1.31. The highest BCUT2D eigenvalue weighted by Gasteiger charge is 2.27. The maximum atomic E-state index is 12.5. The molecule has 0 amide bonds. The SMILES string of the molecule is C[C@H](NS(=O)(=O)c1ccc2c(c1)OCCCO2)[C@@H]1CCCO1. The normalized spacial score (nSPS) is 23.0. The molecule has 1 aromatic rings. The Bertz CT molecular complexity index is 625. The maximum Gasteiger partial charge on any atom is 0.241 e. The molecule has 1 fully saturated rings. The fraction of sp³-hybridized carbons (Fsp3) is 0.600. The van der Waals surface area contributed by atoms with Crippen LogP contribution in [0.1, 0.15) is 26.2 Å². The molecule has 0 radical (unpaired) electrons. The fourth-order valence-corrected chi connectivity index (χ4v) is 3.98. The molecule has 0 spiro atoms. The standard InChI is InChI=1S/C15H21NO5S/c1-11(13-4-2-7-19-13)16-22(17,18)12-5-6-14-15(10-12)21-9-3-8-20-14/h5-6,10-11,13,16H,2-4,7-9H2,1H3/t11-,13-/m0/s1. The Morgan fingerprint density at radius 2 is 1.91 bits per heavy atom. The second-order valence-electron chi connectivity index (χ2n) is 5.62. The van der Waals surface area contributed by atoms with Crippen LogP contribution in [0.25, 0.3) is 0 Å². The first-order chi connectivity index (χ1) is 10.6. The maximum absolute atomic E-state index is 12.5. The summed E-state index contributed by atoms with van der Waals surface area (Å²) < 4.78 is 44.3. The topological polar surface area (TPSA) is 73.9 Å². The Morgan fingerprint density at radius 1 is 1.14 bits per heavy atom. The van der Waals surface area contributed by atoms with Crippen LogP contribution in [0.5, 0.6) is 11.5 Å². The molecule has 0 bridgehead atoms. The largest absolute Gasteiger partial charge is 0.490 e. The van der Waals surface area contributed by atoms with E-state index in [1.165, 1.54) is 12.1 Å². The van der Waals surface area contributed by atoms with Gasteiger partial charge in [0.05, 0.1) is 24.2 Å². The number of sulfonamides is 1. The summed E-state index contributed by atoms with van der Waals surface area (Å²) >= 11 is 0. The van der Waals surface area contributed by atoms with Gasteiger partial charge in [-0.25, -0.2) is 13.1 Å². The first-order valence-corrected chi connectivity index (χ1v) is 9.08. The Kier molecular flexibility index (Phi) is 4.56. The molecule has 3 rings (SSSR count). The number of rotatable bonds is 4. The van der Waals surface area contributed by atoms with Crippen LogP contribution in [-0.4, -0.2) is 40.4 Å². The third kappa shape index (κ3) is 3.37. The number of benzene rings is 1. The molecule has 2 atom stereocenters. The fourth-order valence-electron chi connectivity index (χ4n) is 2.70. The highest BCUT2D eigenvalue weighted by molar-refractivity contribution is 7.89. The highest BCUT2D eigenvalue weighted by atomic mass is 32.2. The predicted octanol–water partition coefficient (Wildman–Crippen LogP) is 1.69. The number of hydrogen-bond acceptors (Lipinski definition) is 5. The third-order valence-electron chi connectivity index (χ3n) is 3.89. The molecule has 6 nitrogen and oxygen atoms in total. The van der Waals surface area contributed by atoms with Crippen LogP contribution < -0.4 is 14.2 Å². The second-order valence-corrected chi connectivity index (χ2v) is 7.33. The molecule has 1 saturated heterocycles. The van der Waals surface area contributed by atoms with Gasteiger partial charge in [-0.3, -0.25) is 0 Å². The van der Waals surface area contributed by atoms with Gasteiger partial charge in [0.15, 0.2) is 11.5 Å². The van der Waals surface area contributed by atoms with E-state index in [-0.39, 0.29) is 17.0 Å². The van der Waals surface area contributed by atoms with Gasteiger partial charge in [0.25, 0.3) is 0 Å². The van der Waals surface area contributed by atoms with Crippen LogP contribution in [0.2, 0.25) is 0 Å². The van der Waals surface area contributed by atoms with Crippen LogP contribution in [-0.2, 0) is 14.8 Å². The van der Waals surface area contributed by atoms with Crippen LogP contribution in [0.3, 0.4) is 0 Å². The third-order valence-corrected chi connectivity index (χ3v) is 5.45. The monoisotopic (exact) mass is 327 g/mol. The Labute approximate surface area is 130 Å². The Balaban J connectivity index is 1.78. The average molecular weight is 327 g/mol. The molecule has 1 aromatic carbocycles. The number of nitrogens with one attached hydrogen (secondary N) is 1. The van der Waals surface area contributed by atoms with Crippen molar-refractivity contribution >= 4 is 10.0 Å². The van der Waals surface area contributed by atoms with Crippen LogP contribution in [0.4, 0.5) is 0 Å². The minimum Gasteiger partial charge on any atom is -0.490 e. The van der Waals surface area contributed by atoms with E-state index in [4.69, 9.17) is 14.2 Å². The smallest absolute Gasteiger partial charge is 0.241 e. The first-order valence-electron chi connectivity index (χ1n) is 7.60. The van der Waals surface area contributed by atoms with Crippen molar-refractivity contribution in [1.29, 1.82) is 0 Å². The number of fused-ring (bicyclic) bond motifs is 1. The number of hydrogen-bond donors (Lipinski definition) is 1. The van der Waals surface area contributed by atoms with Gasteiger partial charge in [-0.1, -0.05) is 0 Å². The van der Waals surface area contributed by atoms with Gasteiger partial charge in [0.2, 0.25) is 10.0 Å². The van der Waals surface area contributed by atoms with E-state index >= 15 is 0 Å². The van der Waals surface area contributed by atoms with E-state index < -0.39 is 10.0 Å². The van der Waals surface area contributed by atoms with E-state index in [0.717, 1.165) is 19.3 Å². The van der Waals surface area contributed by atoms with Crippen molar-refractivity contribution in [3.63, 3.8) is 0 Å². The molecule has 0 aromatic heterocycles. The highest BCUT2D eigenvalue weighted by Crippen LogP contribution is 2.32. The summed E-state index contributed by atoms with van der Waals surface area (Å²) in [6.07, 6.45) is 2.58. The van der Waals surface area contributed by atoms with Gasteiger partial charge in [-0.05, 0) is 31.9 Å². The van der Waals surface area contributed by atoms with Gasteiger partial charge in [0.1, 0.15) is 0 Å². The van der Waals surface area contributed by atoms with Crippen molar-refractivity contribution in [2.24, 2.45) is 0 Å². The average Bonchev–Trinajstić information content (AvgIpc) is 2.92. The molecule has 7 heteroatoms. The molecule has 122 valence electrons. The minimum absolute atomic E-state index is 0.0600. The zero-order chi connectivity index (χ0) is 15.6. The van der Waals surface area contributed by atoms with Crippen molar-refractivity contribution in [2.45, 2.75) is 43.2 Å². The molecule has 0 aliphatic carbocycles. The lowest BCUT2D eigenvalue weighted by atomic mass is 10.1. The summed E-state index contributed by atoms with van der Waals surface area (Å²) in [5, 5.41) is 0. The van der Waals surface area contributed by atoms with Crippen molar-refractivity contribution < 1.29 is 22.6 Å². The predicted molar refractivity (Wildman–Crippen MR) is 80.8 cm³/mol. The summed E-state index contributed by atoms with van der Waals surface area (Å²) in [5.41, 5.74) is 0. The zero-order valence-corrected chi connectivity index (χ0v) is 13.4.